The Balaban J connectivity index is 2.82. The van der Waals surface area contributed by atoms with E-state index in [1.165, 1.54) is 6.92 Å². The molecule has 0 heterocycles. The number of likely N-dealkylation sites (N-methyl/N-ethyl adjacent to an activating group) is 1. The first-order chi connectivity index (χ1) is 9.29. The predicted molar refractivity (Wildman–Crippen MR) is 86.3 cm³/mol. The number of nitrogens with two attached hydrogens (primary N) is 1. The molecule has 0 radical (unpaired) electrons. The lowest BCUT2D eigenvalue weighted by molar-refractivity contribution is 0.101. The highest BCUT2D eigenvalue weighted by molar-refractivity contribution is 5.99. The highest BCUT2D eigenvalue weighted by Crippen LogP contribution is 2.20. The Morgan fingerprint density at radius 1 is 1.35 bits per heavy atom. The minimum absolute atomic E-state index is 0.000993. The van der Waals surface area contributed by atoms with E-state index in [2.05, 4.69) is 38.2 Å². The van der Waals surface area contributed by atoms with Gasteiger partial charge < -0.3 is 16.0 Å². The Morgan fingerprint density at radius 3 is 2.45 bits per heavy atom. The molecule has 4 heteroatoms. The van der Waals surface area contributed by atoms with Gasteiger partial charge in [-0.1, -0.05) is 13.8 Å². The molecule has 0 saturated carbocycles. The minimum atomic E-state index is 0.000993. The summed E-state index contributed by atoms with van der Waals surface area (Å²) in [4.78, 5) is 13.6. The molecule has 20 heavy (non-hydrogen) atoms. The summed E-state index contributed by atoms with van der Waals surface area (Å²) in [5.74, 6) is 0.627. The van der Waals surface area contributed by atoms with E-state index < -0.39 is 0 Å². The zero-order valence-corrected chi connectivity index (χ0v) is 13.2. The van der Waals surface area contributed by atoms with Crippen molar-refractivity contribution in [3.63, 3.8) is 0 Å². The van der Waals surface area contributed by atoms with E-state index in [1.54, 1.807) is 6.07 Å². The number of rotatable bonds is 7. The average Bonchev–Trinajstić information content (AvgIpc) is 2.26. The zero-order valence-electron chi connectivity index (χ0n) is 13.2. The van der Waals surface area contributed by atoms with Crippen LogP contribution in [0.1, 0.15) is 37.6 Å². The second kappa shape index (κ2) is 7.29. The number of nitrogen functional groups attached to an aromatic ring is 1. The monoisotopic (exact) mass is 277 g/mol. The van der Waals surface area contributed by atoms with Gasteiger partial charge in [-0.25, -0.2) is 0 Å². The van der Waals surface area contributed by atoms with Gasteiger partial charge in [0.1, 0.15) is 0 Å². The van der Waals surface area contributed by atoms with Gasteiger partial charge in [-0.2, -0.15) is 0 Å². The first-order valence-corrected chi connectivity index (χ1v) is 7.11. The first-order valence-electron chi connectivity index (χ1n) is 7.11. The van der Waals surface area contributed by atoms with Crippen molar-refractivity contribution in [2.45, 2.75) is 33.2 Å². The quantitative estimate of drug-likeness (QED) is 0.594. The fraction of sp³-hybridized carbons (Fsp3) is 0.562. The van der Waals surface area contributed by atoms with Crippen LogP contribution in [0, 0.1) is 5.92 Å². The lowest BCUT2D eigenvalue weighted by atomic mass is 10.0. The van der Waals surface area contributed by atoms with Crippen LogP contribution in [0.2, 0.25) is 0 Å². The molecular weight excluding hydrogens is 250 g/mol. The van der Waals surface area contributed by atoms with Crippen LogP contribution in [0.4, 0.5) is 11.4 Å². The smallest absolute Gasteiger partial charge is 0.161 e. The molecule has 1 unspecified atom stereocenters. The van der Waals surface area contributed by atoms with E-state index in [9.17, 15) is 4.79 Å². The topological polar surface area (TPSA) is 58.4 Å². The fourth-order valence-electron chi connectivity index (χ4n) is 2.40. The van der Waals surface area contributed by atoms with E-state index >= 15 is 0 Å². The van der Waals surface area contributed by atoms with Gasteiger partial charge in [0.2, 0.25) is 0 Å². The van der Waals surface area contributed by atoms with Gasteiger partial charge in [-0.05, 0) is 51.6 Å². The molecule has 0 amide bonds. The Labute approximate surface area is 122 Å². The standard InChI is InChI=1S/C16H27N3O/c1-11(2)8-14(10-19(4)5)18-13-6-7-15(12(3)20)16(17)9-13/h6-7,9,11,14,18H,8,10,17H2,1-5H3. The van der Waals surface area contributed by atoms with Crippen LogP contribution in [-0.2, 0) is 0 Å². The highest BCUT2D eigenvalue weighted by Gasteiger charge is 2.13. The normalized spacial score (nSPS) is 12.8. The van der Waals surface area contributed by atoms with Gasteiger partial charge in [0.15, 0.2) is 5.78 Å². The van der Waals surface area contributed by atoms with Crippen molar-refractivity contribution in [3.05, 3.63) is 23.8 Å². The van der Waals surface area contributed by atoms with Gasteiger partial charge >= 0.3 is 0 Å². The molecule has 1 aromatic rings. The maximum absolute atomic E-state index is 11.4. The second-order valence-corrected chi connectivity index (χ2v) is 6.09. The molecule has 0 aliphatic heterocycles. The molecule has 0 aliphatic carbocycles. The number of nitrogens with one attached hydrogen (secondary N) is 1. The molecule has 0 bridgehead atoms. The molecule has 1 aromatic carbocycles. The fourth-order valence-corrected chi connectivity index (χ4v) is 2.40. The maximum Gasteiger partial charge on any atom is 0.161 e. The van der Waals surface area contributed by atoms with Crippen molar-refractivity contribution in [1.29, 1.82) is 0 Å². The first kappa shape index (κ1) is 16.5. The van der Waals surface area contributed by atoms with E-state index in [0.29, 0.717) is 23.2 Å². The summed E-state index contributed by atoms with van der Waals surface area (Å²) in [6, 6.07) is 5.94. The van der Waals surface area contributed by atoms with Crippen molar-refractivity contribution in [1.82, 2.24) is 4.90 Å². The summed E-state index contributed by atoms with van der Waals surface area (Å²) < 4.78 is 0. The summed E-state index contributed by atoms with van der Waals surface area (Å²) in [6.45, 7) is 6.94. The molecule has 3 N–H and O–H groups in total. The zero-order chi connectivity index (χ0) is 15.3. The summed E-state index contributed by atoms with van der Waals surface area (Å²) >= 11 is 0. The van der Waals surface area contributed by atoms with Crippen LogP contribution >= 0.6 is 0 Å². The van der Waals surface area contributed by atoms with Crippen LogP contribution in [0.25, 0.3) is 0 Å². The highest BCUT2D eigenvalue weighted by atomic mass is 16.1. The van der Waals surface area contributed by atoms with Crippen LogP contribution in [0.5, 0.6) is 0 Å². The Hall–Kier alpha value is -1.55. The Kier molecular flexibility index (Phi) is 6.02. The second-order valence-electron chi connectivity index (χ2n) is 6.09. The number of carbonyl (C=O) groups excluding carboxylic acids is 1. The number of carbonyl (C=O) groups is 1. The van der Waals surface area contributed by atoms with Crippen LogP contribution in [-0.4, -0.2) is 37.4 Å². The van der Waals surface area contributed by atoms with E-state index in [1.807, 2.05) is 12.1 Å². The molecule has 0 saturated heterocycles. The largest absolute Gasteiger partial charge is 0.398 e. The summed E-state index contributed by atoms with van der Waals surface area (Å²) in [5.41, 5.74) is 8.03. The van der Waals surface area contributed by atoms with Crippen LogP contribution in [0.15, 0.2) is 18.2 Å². The molecule has 0 spiro atoms. The molecular formula is C16H27N3O. The van der Waals surface area contributed by atoms with Gasteiger partial charge in [0, 0.05) is 29.5 Å². The van der Waals surface area contributed by atoms with Crippen molar-refractivity contribution in [2.24, 2.45) is 5.92 Å². The molecule has 4 nitrogen and oxygen atoms in total. The van der Waals surface area contributed by atoms with Crippen molar-refractivity contribution in [3.8, 4) is 0 Å². The van der Waals surface area contributed by atoms with Gasteiger partial charge in [0.25, 0.3) is 0 Å². The van der Waals surface area contributed by atoms with E-state index in [-0.39, 0.29) is 5.78 Å². The molecule has 0 aliphatic rings. The lowest BCUT2D eigenvalue weighted by Gasteiger charge is -2.25. The number of Topliss-reactive ketones (excluding diaryl/α,β-unsaturated/α-hetero) is 1. The average molecular weight is 277 g/mol. The summed E-state index contributed by atoms with van der Waals surface area (Å²) in [6.07, 6.45) is 1.09. The molecule has 0 fully saturated rings. The minimum Gasteiger partial charge on any atom is -0.398 e. The molecule has 112 valence electrons. The predicted octanol–water partition coefficient (Wildman–Crippen LogP) is 2.86. The van der Waals surface area contributed by atoms with Crippen molar-refractivity contribution in [2.75, 3.05) is 31.7 Å². The molecule has 0 aromatic heterocycles. The van der Waals surface area contributed by atoms with E-state index in [0.717, 1.165) is 18.7 Å². The van der Waals surface area contributed by atoms with E-state index in [4.69, 9.17) is 5.73 Å². The third-order valence-corrected chi connectivity index (χ3v) is 3.14. The third kappa shape index (κ3) is 5.21. The Morgan fingerprint density at radius 2 is 2.00 bits per heavy atom. The number of anilines is 2. The van der Waals surface area contributed by atoms with Crippen molar-refractivity contribution < 1.29 is 4.79 Å². The number of benzene rings is 1. The molecule has 1 rings (SSSR count). The molecule has 1 atom stereocenters. The van der Waals surface area contributed by atoms with Gasteiger partial charge in [0.05, 0.1) is 0 Å². The third-order valence-electron chi connectivity index (χ3n) is 3.14. The number of ketones is 1. The van der Waals surface area contributed by atoms with Crippen LogP contribution in [0.3, 0.4) is 0 Å². The van der Waals surface area contributed by atoms with Crippen LogP contribution < -0.4 is 11.1 Å². The lowest BCUT2D eigenvalue weighted by Crippen LogP contribution is -2.33. The maximum atomic E-state index is 11.4. The number of nitrogens with zero attached hydrogens (tertiary/aromatic N) is 1. The van der Waals surface area contributed by atoms with Gasteiger partial charge in [-0.3, -0.25) is 4.79 Å². The number of hydrogen-bond donors (Lipinski definition) is 2. The van der Waals surface area contributed by atoms with Crippen molar-refractivity contribution >= 4 is 17.2 Å². The Bertz CT molecular complexity index is 445. The van der Waals surface area contributed by atoms with Gasteiger partial charge in [-0.15, -0.1) is 0 Å². The SMILES string of the molecule is CC(=O)c1ccc(NC(CC(C)C)CN(C)C)cc1N. The summed E-state index contributed by atoms with van der Waals surface area (Å²) in [5, 5.41) is 3.52. The summed E-state index contributed by atoms with van der Waals surface area (Å²) in [7, 11) is 4.14. The number of hydrogen-bond acceptors (Lipinski definition) is 4.